The van der Waals surface area contributed by atoms with E-state index in [1.807, 2.05) is 0 Å². The molecule has 0 unspecified atom stereocenters. The Hall–Kier alpha value is -1.47. The zero-order chi connectivity index (χ0) is 16.5. The van der Waals surface area contributed by atoms with Crippen molar-refractivity contribution in [3.8, 4) is 0 Å². The molecule has 1 amide bonds. The third-order valence-corrected chi connectivity index (χ3v) is 5.64. The molecule has 0 aromatic carbocycles. The number of aryl methyl sites for hydroxylation is 1. The van der Waals surface area contributed by atoms with E-state index in [9.17, 15) is 4.79 Å². The second-order valence-corrected chi connectivity index (χ2v) is 7.10. The Bertz CT molecular complexity index is 600. The molecule has 1 saturated carbocycles. The van der Waals surface area contributed by atoms with Gasteiger partial charge in [-0.05, 0) is 12.8 Å². The first-order valence-electron chi connectivity index (χ1n) is 9.30. The van der Waals surface area contributed by atoms with Crippen LogP contribution in [0.5, 0.6) is 0 Å². The molecule has 0 bridgehead atoms. The van der Waals surface area contributed by atoms with Gasteiger partial charge in [0.15, 0.2) is 0 Å². The van der Waals surface area contributed by atoms with Gasteiger partial charge in [-0.3, -0.25) is 9.69 Å². The molecule has 7 heteroatoms. The predicted molar refractivity (Wildman–Crippen MR) is 88.4 cm³/mol. The first-order chi connectivity index (χ1) is 11.8. The Morgan fingerprint density at radius 1 is 1.21 bits per heavy atom. The van der Waals surface area contributed by atoms with Gasteiger partial charge in [0.1, 0.15) is 11.6 Å². The summed E-state index contributed by atoms with van der Waals surface area (Å²) in [5, 5.41) is 8.54. The maximum absolute atomic E-state index is 12.9. The van der Waals surface area contributed by atoms with Gasteiger partial charge in [-0.25, -0.2) is 0 Å². The predicted octanol–water partition coefficient (Wildman–Crippen LogP) is 0.826. The van der Waals surface area contributed by atoms with Crippen LogP contribution in [0.1, 0.15) is 44.3 Å². The van der Waals surface area contributed by atoms with Crippen LogP contribution in [0, 0.1) is 0 Å². The van der Waals surface area contributed by atoms with Crippen LogP contribution in [0.4, 0.5) is 0 Å². The molecular formula is C17H27N5O2. The molecule has 4 rings (SSSR count). The lowest BCUT2D eigenvalue weighted by Gasteiger charge is -2.44. The lowest BCUT2D eigenvalue weighted by atomic mass is 9.90. The van der Waals surface area contributed by atoms with E-state index in [0.29, 0.717) is 19.2 Å². The van der Waals surface area contributed by atoms with E-state index < -0.39 is 0 Å². The lowest BCUT2D eigenvalue weighted by molar-refractivity contribution is -0.151. The highest BCUT2D eigenvalue weighted by molar-refractivity contribution is 5.78. The Kier molecular flexibility index (Phi) is 4.54. The molecule has 2 atom stereocenters. The Balaban J connectivity index is 1.39. The molecule has 24 heavy (non-hydrogen) atoms. The van der Waals surface area contributed by atoms with Crippen LogP contribution in [0.25, 0.3) is 0 Å². The van der Waals surface area contributed by atoms with Gasteiger partial charge in [-0.1, -0.05) is 19.8 Å². The number of carbonyl (C=O) groups is 1. The first kappa shape index (κ1) is 16.0. The molecule has 1 saturated heterocycles. The third kappa shape index (κ3) is 2.95. The molecule has 2 fully saturated rings. The number of morpholine rings is 1. The molecule has 1 aliphatic carbocycles. The molecule has 3 aliphatic rings. The maximum atomic E-state index is 12.9. The zero-order valence-electron chi connectivity index (χ0n) is 14.5. The second-order valence-electron chi connectivity index (χ2n) is 7.10. The average Bonchev–Trinajstić information content (AvgIpc) is 3.03. The smallest absolute Gasteiger partial charge is 0.237 e. The number of rotatable bonds is 3. The Labute approximate surface area is 143 Å². The van der Waals surface area contributed by atoms with Gasteiger partial charge in [0.2, 0.25) is 5.91 Å². The summed E-state index contributed by atoms with van der Waals surface area (Å²) in [6, 6.07) is 0.292. The van der Waals surface area contributed by atoms with Crippen LogP contribution < -0.4 is 0 Å². The van der Waals surface area contributed by atoms with E-state index in [1.54, 1.807) is 0 Å². The summed E-state index contributed by atoms with van der Waals surface area (Å²) in [5.41, 5.74) is 0. The molecule has 7 nitrogen and oxygen atoms in total. The molecule has 0 spiro atoms. The molecule has 2 aliphatic heterocycles. The van der Waals surface area contributed by atoms with Gasteiger partial charge >= 0.3 is 0 Å². The van der Waals surface area contributed by atoms with Gasteiger partial charge in [-0.2, -0.15) is 0 Å². The highest BCUT2D eigenvalue weighted by Gasteiger charge is 2.37. The SMILES string of the molecule is CCc1nnc2n1CCN(CC(=O)N1CCO[C@H]3CCCC[C@@H]31)C2. The van der Waals surface area contributed by atoms with Crippen LogP contribution in [0.3, 0.4) is 0 Å². The Morgan fingerprint density at radius 2 is 2.08 bits per heavy atom. The minimum Gasteiger partial charge on any atom is -0.374 e. The van der Waals surface area contributed by atoms with Crippen molar-refractivity contribution in [3.05, 3.63) is 11.6 Å². The highest BCUT2D eigenvalue weighted by Crippen LogP contribution is 2.28. The third-order valence-electron chi connectivity index (χ3n) is 5.64. The van der Waals surface area contributed by atoms with Crippen LogP contribution in [-0.2, 0) is 29.0 Å². The summed E-state index contributed by atoms with van der Waals surface area (Å²) in [6.45, 7) is 6.50. The minimum absolute atomic E-state index is 0.249. The number of fused-ring (bicyclic) bond motifs is 2. The fraction of sp³-hybridized carbons (Fsp3) is 0.824. The van der Waals surface area contributed by atoms with Gasteiger partial charge in [0.05, 0.1) is 31.8 Å². The van der Waals surface area contributed by atoms with Crippen LogP contribution in [0.15, 0.2) is 0 Å². The summed E-state index contributed by atoms with van der Waals surface area (Å²) in [6.07, 6.45) is 5.79. The summed E-state index contributed by atoms with van der Waals surface area (Å²) in [5.74, 6) is 2.29. The van der Waals surface area contributed by atoms with Gasteiger partial charge in [0.25, 0.3) is 0 Å². The monoisotopic (exact) mass is 333 g/mol. The van der Waals surface area contributed by atoms with Crippen LogP contribution in [-0.4, -0.2) is 68.9 Å². The van der Waals surface area contributed by atoms with E-state index in [1.165, 1.54) is 12.8 Å². The van der Waals surface area contributed by atoms with E-state index in [2.05, 4.69) is 31.5 Å². The number of hydrogen-bond acceptors (Lipinski definition) is 5. The van der Waals surface area contributed by atoms with E-state index in [-0.39, 0.29) is 12.0 Å². The van der Waals surface area contributed by atoms with E-state index in [4.69, 9.17) is 4.74 Å². The van der Waals surface area contributed by atoms with Crippen molar-refractivity contribution < 1.29 is 9.53 Å². The number of hydrogen-bond donors (Lipinski definition) is 0. The van der Waals surface area contributed by atoms with Gasteiger partial charge in [0, 0.05) is 26.1 Å². The van der Waals surface area contributed by atoms with Crippen LogP contribution >= 0.6 is 0 Å². The number of ether oxygens (including phenoxy) is 1. The second kappa shape index (κ2) is 6.80. The van der Waals surface area contributed by atoms with Crippen LogP contribution in [0.2, 0.25) is 0 Å². The first-order valence-corrected chi connectivity index (χ1v) is 9.30. The molecule has 0 N–H and O–H groups in total. The number of aromatic nitrogens is 3. The summed E-state index contributed by atoms with van der Waals surface area (Å²) < 4.78 is 8.09. The van der Waals surface area contributed by atoms with Crippen molar-refractivity contribution in [1.29, 1.82) is 0 Å². The molecular weight excluding hydrogens is 306 g/mol. The summed E-state index contributed by atoms with van der Waals surface area (Å²) >= 11 is 0. The fourth-order valence-corrected chi connectivity index (χ4v) is 4.35. The fourth-order valence-electron chi connectivity index (χ4n) is 4.35. The summed E-state index contributed by atoms with van der Waals surface area (Å²) in [4.78, 5) is 17.2. The normalized spacial score (nSPS) is 27.6. The largest absolute Gasteiger partial charge is 0.374 e. The highest BCUT2D eigenvalue weighted by atomic mass is 16.5. The number of amides is 1. The average molecular weight is 333 g/mol. The topological polar surface area (TPSA) is 63.5 Å². The van der Waals surface area contributed by atoms with E-state index in [0.717, 1.165) is 57.1 Å². The van der Waals surface area contributed by atoms with Crippen molar-refractivity contribution in [2.75, 3.05) is 26.2 Å². The zero-order valence-corrected chi connectivity index (χ0v) is 14.5. The van der Waals surface area contributed by atoms with Crippen molar-refractivity contribution in [2.45, 2.75) is 64.3 Å². The molecule has 0 radical (unpaired) electrons. The maximum Gasteiger partial charge on any atom is 0.237 e. The number of nitrogens with zero attached hydrogens (tertiary/aromatic N) is 5. The van der Waals surface area contributed by atoms with Crippen molar-refractivity contribution in [3.63, 3.8) is 0 Å². The quantitative estimate of drug-likeness (QED) is 0.820. The lowest BCUT2D eigenvalue weighted by Crippen LogP contribution is -2.57. The molecule has 132 valence electrons. The van der Waals surface area contributed by atoms with E-state index >= 15 is 0 Å². The van der Waals surface area contributed by atoms with Gasteiger partial charge < -0.3 is 14.2 Å². The molecule has 3 heterocycles. The Morgan fingerprint density at radius 3 is 2.96 bits per heavy atom. The van der Waals surface area contributed by atoms with Gasteiger partial charge in [-0.15, -0.1) is 10.2 Å². The van der Waals surface area contributed by atoms with Crippen molar-refractivity contribution in [2.24, 2.45) is 0 Å². The minimum atomic E-state index is 0.249. The number of carbonyl (C=O) groups excluding carboxylic acids is 1. The molecule has 1 aromatic heterocycles. The molecule has 1 aromatic rings. The van der Waals surface area contributed by atoms with Crippen molar-refractivity contribution >= 4 is 5.91 Å². The van der Waals surface area contributed by atoms with Crippen molar-refractivity contribution in [1.82, 2.24) is 24.6 Å². The summed E-state index contributed by atoms with van der Waals surface area (Å²) in [7, 11) is 0. The standard InChI is InChI=1S/C17H27N5O2/c1-2-15-18-19-16-11-20(7-8-22(15)16)12-17(23)21-9-10-24-14-6-4-3-5-13(14)21/h13-14H,2-12H2,1H3/t13-,14-/m0/s1.